The molecule has 132 valence electrons. The van der Waals surface area contributed by atoms with Crippen LogP contribution in [0, 0.1) is 0 Å². The number of nitrogens with one attached hydrogen (secondary N) is 1. The van der Waals surface area contributed by atoms with Crippen molar-refractivity contribution in [3.63, 3.8) is 0 Å². The van der Waals surface area contributed by atoms with Gasteiger partial charge in [0, 0.05) is 44.6 Å². The first-order valence-electron chi connectivity index (χ1n) is 8.71. The van der Waals surface area contributed by atoms with Crippen LogP contribution in [0.2, 0.25) is 0 Å². The minimum Gasteiger partial charge on any atom is -0.385 e. The Morgan fingerprint density at radius 1 is 1.42 bits per heavy atom. The summed E-state index contributed by atoms with van der Waals surface area (Å²) in [6.07, 6.45) is 6.51. The van der Waals surface area contributed by atoms with E-state index in [0.29, 0.717) is 24.8 Å². The lowest BCUT2D eigenvalue weighted by Gasteiger charge is -2.35. The van der Waals surface area contributed by atoms with Gasteiger partial charge in [0.1, 0.15) is 5.69 Å². The van der Waals surface area contributed by atoms with Gasteiger partial charge in [-0.15, -0.1) is 0 Å². The summed E-state index contributed by atoms with van der Waals surface area (Å²) in [7, 11) is 1.63. The molecule has 2 heterocycles. The van der Waals surface area contributed by atoms with Crippen molar-refractivity contribution in [2.24, 2.45) is 0 Å². The second kappa shape index (κ2) is 9.37. The fourth-order valence-corrected chi connectivity index (χ4v) is 3.05. The highest BCUT2D eigenvalue weighted by molar-refractivity contribution is 5.98. The highest BCUT2D eigenvalue weighted by Crippen LogP contribution is 2.21. The van der Waals surface area contributed by atoms with Crippen LogP contribution in [0.5, 0.6) is 0 Å². The van der Waals surface area contributed by atoms with Crippen LogP contribution < -0.4 is 5.32 Å². The molecule has 0 saturated carbocycles. The molecule has 2 amide bonds. The molecule has 0 aromatic carbocycles. The van der Waals surface area contributed by atoms with E-state index in [-0.39, 0.29) is 17.5 Å². The predicted molar refractivity (Wildman–Crippen MR) is 92.0 cm³/mol. The maximum atomic E-state index is 12.8. The molecule has 0 spiro atoms. The number of carbonyl (C=O) groups excluding carboxylic acids is 2. The van der Waals surface area contributed by atoms with E-state index in [1.165, 1.54) is 12.6 Å². The van der Waals surface area contributed by atoms with Crippen molar-refractivity contribution >= 4 is 11.8 Å². The van der Waals surface area contributed by atoms with E-state index >= 15 is 0 Å². The van der Waals surface area contributed by atoms with Gasteiger partial charge in [-0.25, -0.2) is 0 Å². The number of ether oxygens (including phenoxy) is 1. The lowest BCUT2D eigenvalue weighted by Crippen LogP contribution is -2.43. The van der Waals surface area contributed by atoms with Gasteiger partial charge >= 0.3 is 0 Å². The van der Waals surface area contributed by atoms with Gasteiger partial charge in [-0.3, -0.25) is 14.6 Å². The number of piperidine rings is 1. The monoisotopic (exact) mass is 333 g/mol. The molecule has 1 N–H and O–H groups in total. The molecule has 2 rings (SSSR count). The van der Waals surface area contributed by atoms with Gasteiger partial charge in [-0.05, 0) is 44.2 Å². The molecule has 1 aromatic heterocycles. The Morgan fingerprint density at radius 3 is 3.00 bits per heavy atom. The molecule has 0 bridgehead atoms. The van der Waals surface area contributed by atoms with E-state index < -0.39 is 0 Å². The number of nitrogens with zero attached hydrogens (tertiary/aromatic N) is 2. The van der Waals surface area contributed by atoms with E-state index in [1.807, 2.05) is 4.90 Å². The first kappa shape index (κ1) is 18.4. The summed E-state index contributed by atoms with van der Waals surface area (Å²) in [5, 5.41) is 2.79. The summed E-state index contributed by atoms with van der Waals surface area (Å²) in [6.45, 7) is 4.02. The molecule has 1 unspecified atom stereocenters. The fraction of sp³-hybridized carbons (Fsp3) is 0.611. The molecule has 0 aliphatic carbocycles. The number of hydrogen-bond donors (Lipinski definition) is 1. The third-order valence-corrected chi connectivity index (χ3v) is 4.41. The number of methoxy groups -OCH3 is 1. The highest BCUT2D eigenvalue weighted by atomic mass is 16.5. The molecule has 1 fully saturated rings. The average molecular weight is 333 g/mol. The largest absolute Gasteiger partial charge is 0.385 e. The molecule has 1 aliphatic rings. The molecular formula is C18H27N3O3. The minimum atomic E-state index is -0.258. The van der Waals surface area contributed by atoms with Crippen molar-refractivity contribution in [2.75, 3.05) is 26.8 Å². The lowest BCUT2D eigenvalue weighted by atomic mass is 9.99. The molecule has 1 saturated heterocycles. The number of hydrogen-bond acceptors (Lipinski definition) is 4. The van der Waals surface area contributed by atoms with Crippen molar-refractivity contribution in [3.05, 3.63) is 29.6 Å². The summed E-state index contributed by atoms with van der Waals surface area (Å²) in [5.41, 5.74) is 0.815. The average Bonchev–Trinajstić information content (AvgIpc) is 2.64. The van der Waals surface area contributed by atoms with Crippen LogP contribution in [0.3, 0.4) is 0 Å². The zero-order valence-corrected chi connectivity index (χ0v) is 14.6. The number of pyridine rings is 1. The summed E-state index contributed by atoms with van der Waals surface area (Å²) < 4.78 is 4.95. The summed E-state index contributed by atoms with van der Waals surface area (Å²) in [5.74, 6) is -0.260. The Kier molecular flexibility index (Phi) is 7.18. The number of aromatic nitrogens is 1. The first-order valence-corrected chi connectivity index (χ1v) is 8.71. The van der Waals surface area contributed by atoms with Gasteiger partial charge in [0.25, 0.3) is 11.8 Å². The quantitative estimate of drug-likeness (QED) is 0.777. The van der Waals surface area contributed by atoms with Crippen LogP contribution >= 0.6 is 0 Å². The second-order valence-electron chi connectivity index (χ2n) is 6.09. The fourth-order valence-electron chi connectivity index (χ4n) is 3.05. The van der Waals surface area contributed by atoms with Crippen molar-refractivity contribution in [3.8, 4) is 0 Å². The number of carbonyl (C=O) groups is 2. The molecule has 24 heavy (non-hydrogen) atoms. The molecule has 1 aliphatic heterocycles. The first-order chi connectivity index (χ1) is 11.7. The van der Waals surface area contributed by atoms with Crippen LogP contribution in [-0.2, 0) is 4.74 Å². The van der Waals surface area contributed by atoms with Gasteiger partial charge in [0.2, 0.25) is 0 Å². The third kappa shape index (κ3) is 4.77. The second-order valence-corrected chi connectivity index (χ2v) is 6.09. The smallest absolute Gasteiger partial charge is 0.269 e. The Balaban J connectivity index is 2.03. The van der Waals surface area contributed by atoms with Crippen LogP contribution in [0.15, 0.2) is 18.3 Å². The normalized spacial score (nSPS) is 17.6. The van der Waals surface area contributed by atoms with E-state index in [0.717, 1.165) is 32.2 Å². The maximum Gasteiger partial charge on any atom is 0.269 e. The van der Waals surface area contributed by atoms with E-state index in [2.05, 4.69) is 17.2 Å². The molecule has 1 atom stereocenters. The van der Waals surface area contributed by atoms with Crippen molar-refractivity contribution in [1.82, 2.24) is 15.2 Å². The standard InChI is InChI=1S/C18H27N3O3/c1-3-15-7-4-5-11-21(15)18(23)14-8-10-19-16(13-14)17(22)20-9-6-12-24-2/h8,10,13,15H,3-7,9,11-12H2,1-2H3,(H,20,22). The Hall–Kier alpha value is -1.95. The molecule has 6 nitrogen and oxygen atoms in total. The van der Waals surface area contributed by atoms with Crippen LogP contribution in [-0.4, -0.2) is 54.5 Å². The van der Waals surface area contributed by atoms with Crippen molar-refractivity contribution in [1.29, 1.82) is 0 Å². The third-order valence-electron chi connectivity index (χ3n) is 4.41. The minimum absolute atomic E-state index is 0.00242. The number of rotatable bonds is 7. The van der Waals surface area contributed by atoms with E-state index in [4.69, 9.17) is 4.74 Å². The number of likely N-dealkylation sites (tertiary alicyclic amines) is 1. The van der Waals surface area contributed by atoms with Gasteiger partial charge in [-0.2, -0.15) is 0 Å². The van der Waals surface area contributed by atoms with E-state index in [1.54, 1.807) is 19.2 Å². The zero-order valence-electron chi connectivity index (χ0n) is 14.6. The Labute approximate surface area is 143 Å². The van der Waals surface area contributed by atoms with E-state index in [9.17, 15) is 9.59 Å². The van der Waals surface area contributed by atoms with Crippen LogP contribution in [0.25, 0.3) is 0 Å². The highest BCUT2D eigenvalue weighted by Gasteiger charge is 2.26. The van der Waals surface area contributed by atoms with Gasteiger partial charge in [-0.1, -0.05) is 6.92 Å². The molecule has 0 radical (unpaired) electrons. The molecular weight excluding hydrogens is 306 g/mol. The zero-order chi connectivity index (χ0) is 17.4. The van der Waals surface area contributed by atoms with Crippen LogP contribution in [0.1, 0.15) is 59.9 Å². The summed E-state index contributed by atoms with van der Waals surface area (Å²) in [4.78, 5) is 31.0. The topological polar surface area (TPSA) is 71.5 Å². The predicted octanol–water partition coefficient (Wildman–Crippen LogP) is 2.25. The molecule has 1 aromatic rings. The lowest BCUT2D eigenvalue weighted by molar-refractivity contribution is 0.0608. The van der Waals surface area contributed by atoms with Gasteiger partial charge < -0.3 is 15.0 Å². The van der Waals surface area contributed by atoms with Gasteiger partial charge in [0.15, 0.2) is 0 Å². The van der Waals surface area contributed by atoms with Gasteiger partial charge in [0.05, 0.1) is 0 Å². The summed E-state index contributed by atoms with van der Waals surface area (Å²) >= 11 is 0. The number of amides is 2. The van der Waals surface area contributed by atoms with Crippen molar-refractivity contribution < 1.29 is 14.3 Å². The molecule has 6 heteroatoms. The summed E-state index contributed by atoms with van der Waals surface area (Å²) in [6, 6.07) is 3.58. The Bertz CT molecular complexity index is 562. The van der Waals surface area contributed by atoms with Crippen molar-refractivity contribution in [2.45, 2.75) is 45.1 Å². The maximum absolute atomic E-state index is 12.8. The van der Waals surface area contributed by atoms with Crippen LogP contribution in [0.4, 0.5) is 0 Å². The SMILES string of the molecule is CCC1CCCCN1C(=O)c1ccnc(C(=O)NCCCOC)c1. The Morgan fingerprint density at radius 2 is 2.25 bits per heavy atom.